The lowest BCUT2D eigenvalue weighted by Gasteiger charge is -2.16. The first-order chi connectivity index (χ1) is 13.3. The van der Waals surface area contributed by atoms with Crippen molar-refractivity contribution in [3.05, 3.63) is 62.7 Å². The number of carbonyl (C=O) groups is 1. The average Bonchev–Trinajstić information content (AvgIpc) is 2.58. The maximum absolute atomic E-state index is 12.9. The Bertz CT molecular complexity index is 946. The molecule has 0 aliphatic carbocycles. The number of alkyl halides is 6. The highest BCUT2D eigenvalue weighted by Gasteiger charge is 2.33. The molecule has 1 amide bonds. The highest BCUT2D eigenvalue weighted by Crippen LogP contribution is 2.36. The van der Waals surface area contributed by atoms with E-state index in [0.717, 1.165) is 18.2 Å². The van der Waals surface area contributed by atoms with Gasteiger partial charge in [0.15, 0.2) is 6.61 Å². The highest BCUT2D eigenvalue weighted by atomic mass is 35.5. The normalized spacial score (nSPS) is 11.8. The van der Waals surface area contributed by atoms with Crippen molar-refractivity contribution < 1.29 is 40.8 Å². The molecule has 0 radical (unpaired) electrons. The molecule has 13 heteroatoms. The molecule has 6 nitrogen and oxygen atoms in total. The van der Waals surface area contributed by atoms with Gasteiger partial charge in [-0.15, -0.1) is 0 Å². The molecule has 2 aromatic rings. The fraction of sp³-hybridized carbons (Fsp3) is 0.188. The van der Waals surface area contributed by atoms with Gasteiger partial charge in [-0.3, -0.25) is 14.9 Å². The summed E-state index contributed by atoms with van der Waals surface area (Å²) in [4.78, 5) is 22.5. The molecule has 0 aliphatic rings. The van der Waals surface area contributed by atoms with Crippen molar-refractivity contribution in [3.8, 4) is 5.75 Å². The van der Waals surface area contributed by atoms with Crippen LogP contribution in [0.5, 0.6) is 5.75 Å². The Morgan fingerprint density at radius 3 is 2.31 bits per heavy atom. The second-order valence-corrected chi connectivity index (χ2v) is 5.92. The number of anilines is 1. The van der Waals surface area contributed by atoms with Gasteiger partial charge in [-0.2, -0.15) is 26.3 Å². The van der Waals surface area contributed by atoms with E-state index in [2.05, 4.69) is 4.74 Å². The number of hydrogen-bond acceptors (Lipinski definition) is 4. The second-order valence-electron chi connectivity index (χ2n) is 5.49. The lowest BCUT2D eigenvalue weighted by molar-refractivity contribution is -0.385. The van der Waals surface area contributed by atoms with Gasteiger partial charge in [0.1, 0.15) is 11.3 Å². The van der Waals surface area contributed by atoms with Crippen molar-refractivity contribution in [3.63, 3.8) is 0 Å². The SMILES string of the molecule is O=C(Nc1cc(C(F)(F)F)ccc1OCC(F)(F)F)c1ccc(Cl)cc1[N+](=O)[O-]. The van der Waals surface area contributed by atoms with Gasteiger partial charge in [-0.25, -0.2) is 0 Å². The fourth-order valence-corrected chi connectivity index (χ4v) is 2.29. The predicted octanol–water partition coefficient (Wildman–Crippen LogP) is 5.46. The molecular formula is C16H9ClF6N2O4. The summed E-state index contributed by atoms with van der Waals surface area (Å²) in [6.07, 6.45) is -9.66. The first-order valence-electron chi connectivity index (χ1n) is 7.44. The Morgan fingerprint density at radius 2 is 1.76 bits per heavy atom. The van der Waals surface area contributed by atoms with Crippen molar-refractivity contribution in [1.82, 2.24) is 0 Å². The molecular weight excluding hydrogens is 434 g/mol. The standard InChI is InChI=1S/C16H9ClF6N2O4/c17-9-2-3-10(12(6-9)25(27)28)14(26)24-11-5-8(16(21,22)23)1-4-13(11)29-7-15(18,19)20/h1-6H,7H2,(H,24,26). The van der Waals surface area contributed by atoms with Gasteiger partial charge in [0.05, 0.1) is 16.2 Å². The minimum absolute atomic E-state index is 0.0819. The third-order valence-electron chi connectivity index (χ3n) is 3.35. The minimum atomic E-state index is -4.87. The zero-order valence-corrected chi connectivity index (χ0v) is 14.7. The molecule has 0 bridgehead atoms. The summed E-state index contributed by atoms with van der Waals surface area (Å²) in [5.74, 6) is -1.95. The number of nitrogens with one attached hydrogen (secondary N) is 1. The van der Waals surface area contributed by atoms with E-state index in [4.69, 9.17) is 11.6 Å². The van der Waals surface area contributed by atoms with E-state index in [1.807, 2.05) is 5.32 Å². The summed E-state index contributed by atoms with van der Waals surface area (Å²) < 4.78 is 80.3. The summed E-state index contributed by atoms with van der Waals surface area (Å²) in [5, 5.41) is 12.9. The number of rotatable bonds is 5. The Labute approximate surface area is 163 Å². The van der Waals surface area contributed by atoms with Crippen molar-refractivity contribution in [2.45, 2.75) is 12.4 Å². The molecule has 0 spiro atoms. The number of halogens is 7. The molecule has 0 heterocycles. The third kappa shape index (κ3) is 5.98. The largest absolute Gasteiger partial charge is 0.482 e. The van der Waals surface area contributed by atoms with E-state index < -0.39 is 58.0 Å². The van der Waals surface area contributed by atoms with Gasteiger partial charge >= 0.3 is 12.4 Å². The van der Waals surface area contributed by atoms with Crippen LogP contribution in [0.3, 0.4) is 0 Å². The first kappa shape index (κ1) is 22.3. The number of hydrogen-bond donors (Lipinski definition) is 1. The zero-order valence-electron chi connectivity index (χ0n) is 13.9. The van der Waals surface area contributed by atoms with E-state index in [-0.39, 0.29) is 5.02 Å². The molecule has 29 heavy (non-hydrogen) atoms. The van der Waals surface area contributed by atoms with E-state index in [1.165, 1.54) is 0 Å². The molecule has 0 saturated carbocycles. The molecule has 0 aliphatic heterocycles. The van der Waals surface area contributed by atoms with Crippen LogP contribution in [0.4, 0.5) is 37.7 Å². The van der Waals surface area contributed by atoms with Gasteiger partial charge in [0, 0.05) is 11.1 Å². The lowest BCUT2D eigenvalue weighted by atomic mass is 10.1. The number of carbonyl (C=O) groups excluding carboxylic acids is 1. The topological polar surface area (TPSA) is 81.5 Å². The summed E-state index contributed by atoms with van der Waals surface area (Å²) >= 11 is 5.62. The number of amides is 1. The van der Waals surface area contributed by atoms with Crippen molar-refractivity contribution >= 4 is 28.9 Å². The molecule has 2 aromatic carbocycles. The van der Waals surface area contributed by atoms with Crippen LogP contribution in [-0.2, 0) is 6.18 Å². The van der Waals surface area contributed by atoms with E-state index in [1.54, 1.807) is 0 Å². The molecule has 1 N–H and O–H groups in total. The van der Waals surface area contributed by atoms with Crippen LogP contribution < -0.4 is 10.1 Å². The van der Waals surface area contributed by atoms with Gasteiger partial charge in [-0.05, 0) is 30.3 Å². The Morgan fingerprint density at radius 1 is 1.10 bits per heavy atom. The summed E-state index contributed by atoms with van der Waals surface area (Å²) in [7, 11) is 0. The zero-order chi connectivity index (χ0) is 22.0. The third-order valence-corrected chi connectivity index (χ3v) is 3.58. The average molecular weight is 443 g/mol. The fourth-order valence-electron chi connectivity index (χ4n) is 2.13. The van der Waals surface area contributed by atoms with Crippen molar-refractivity contribution in [2.24, 2.45) is 0 Å². The molecule has 0 atom stereocenters. The molecule has 156 valence electrons. The number of nitrogens with zero attached hydrogens (tertiary/aromatic N) is 1. The van der Waals surface area contributed by atoms with Crippen LogP contribution >= 0.6 is 11.6 Å². The van der Waals surface area contributed by atoms with Crippen LogP contribution in [-0.4, -0.2) is 23.6 Å². The number of nitro groups is 1. The summed E-state index contributed by atoms with van der Waals surface area (Å²) in [6.45, 7) is -1.83. The highest BCUT2D eigenvalue weighted by molar-refractivity contribution is 6.31. The number of nitro benzene ring substituents is 1. The van der Waals surface area contributed by atoms with E-state index in [9.17, 15) is 41.3 Å². The maximum atomic E-state index is 12.9. The second kappa shape index (κ2) is 8.15. The Hall–Kier alpha value is -3.02. The van der Waals surface area contributed by atoms with Crippen LogP contribution in [0.1, 0.15) is 15.9 Å². The number of benzene rings is 2. The summed E-state index contributed by atoms with van der Waals surface area (Å²) in [5.41, 5.74) is -3.35. The number of ether oxygens (including phenoxy) is 1. The first-order valence-corrected chi connectivity index (χ1v) is 7.82. The van der Waals surface area contributed by atoms with Crippen LogP contribution in [0, 0.1) is 10.1 Å². The van der Waals surface area contributed by atoms with Gasteiger partial charge < -0.3 is 10.1 Å². The van der Waals surface area contributed by atoms with Gasteiger partial charge in [-0.1, -0.05) is 11.6 Å². The van der Waals surface area contributed by atoms with E-state index in [0.29, 0.717) is 18.2 Å². The van der Waals surface area contributed by atoms with Crippen molar-refractivity contribution in [2.75, 3.05) is 11.9 Å². The van der Waals surface area contributed by atoms with Gasteiger partial charge in [0.2, 0.25) is 0 Å². The van der Waals surface area contributed by atoms with Crippen molar-refractivity contribution in [1.29, 1.82) is 0 Å². The molecule has 0 saturated heterocycles. The Balaban J connectivity index is 2.43. The van der Waals surface area contributed by atoms with Crippen LogP contribution in [0.25, 0.3) is 0 Å². The minimum Gasteiger partial charge on any atom is -0.482 e. The molecule has 0 unspecified atom stereocenters. The van der Waals surface area contributed by atoms with Gasteiger partial charge in [0.25, 0.3) is 11.6 Å². The van der Waals surface area contributed by atoms with Crippen LogP contribution in [0.2, 0.25) is 5.02 Å². The lowest BCUT2D eigenvalue weighted by Crippen LogP contribution is -2.21. The predicted molar refractivity (Wildman–Crippen MR) is 89.1 cm³/mol. The molecule has 0 fully saturated rings. The molecule has 2 rings (SSSR count). The quantitative estimate of drug-likeness (QED) is 0.379. The monoisotopic (exact) mass is 442 g/mol. The Kier molecular flexibility index (Phi) is 6.26. The maximum Gasteiger partial charge on any atom is 0.422 e. The van der Waals surface area contributed by atoms with E-state index >= 15 is 0 Å². The van der Waals surface area contributed by atoms with Crippen LogP contribution in [0.15, 0.2) is 36.4 Å². The smallest absolute Gasteiger partial charge is 0.422 e. The molecule has 0 aromatic heterocycles. The summed E-state index contributed by atoms with van der Waals surface area (Å²) in [6, 6.07) is 4.32.